The summed E-state index contributed by atoms with van der Waals surface area (Å²) >= 11 is 0. The van der Waals surface area contributed by atoms with Crippen LogP contribution in [0, 0.1) is 12.7 Å². The van der Waals surface area contributed by atoms with Gasteiger partial charge in [-0.25, -0.2) is 14.4 Å². The molecule has 0 bridgehead atoms. The molecule has 0 aliphatic carbocycles. The minimum Gasteiger partial charge on any atom is -0.406 e. The van der Waals surface area contributed by atoms with E-state index in [0.29, 0.717) is 39.6 Å². The monoisotopic (exact) mass is 417 g/mol. The van der Waals surface area contributed by atoms with E-state index < -0.39 is 6.36 Å². The maximum Gasteiger partial charge on any atom is 0.573 e. The summed E-state index contributed by atoms with van der Waals surface area (Å²) in [5.41, 5.74) is 3.00. The molecular weight excluding hydrogens is 402 g/mol. The number of hydrogen-bond acceptors (Lipinski definition) is 5. The number of nitrogens with zero attached hydrogens (tertiary/aromatic N) is 4. The second-order valence-electron chi connectivity index (χ2n) is 6.51. The summed E-state index contributed by atoms with van der Waals surface area (Å²) in [6, 6.07) is 11.0. The van der Waals surface area contributed by atoms with Crippen LogP contribution in [0.15, 0.2) is 48.5 Å². The van der Waals surface area contributed by atoms with E-state index in [1.54, 1.807) is 30.8 Å². The minimum atomic E-state index is -4.76. The van der Waals surface area contributed by atoms with Crippen LogP contribution in [-0.4, -0.2) is 26.1 Å². The van der Waals surface area contributed by atoms with Crippen molar-refractivity contribution in [3.05, 3.63) is 60.0 Å². The molecule has 0 radical (unpaired) electrons. The van der Waals surface area contributed by atoms with E-state index in [4.69, 9.17) is 0 Å². The summed E-state index contributed by atoms with van der Waals surface area (Å²) in [4.78, 5) is 9.09. The van der Waals surface area contributed by atoms with E-state index in [1.165, 1.54) is 36.4 Å². The average Bonchev–Trinajstić information content (AvgIpc) is 2.97. The summed E-state index contributed by atoms with van der Waals surface area (Å²) in [7, 11) is 1.74. The number of anilines is 2. The SMILES string of the molecule is Cc1nn(C)c2c(Nc3ccc(OC(F)(F)F)cc3)nc(-c3ccc(F)cc3)nc12. The van der Waals surface area contributed by atoms with Crippen LogP contribution in [0.4, 0.5) is 29.1 Å². The maximum atomic E-state index is 13.3. The molecule has 2 aromatic carbocycles. The van der Waals surface area contributed by atoms with Gasteiger partial charge in [-0.3, -0.25) is 4.68 Å². The van der Waals surface area contributed by atoms with Crippen molar-refractivity contribution < 1.29 is 22.3 Å². The molecule has 30 heavy (non-hydrogen) atoms. The first-order valence-electron chi connectivity index (χ1n) is 8.80. The van der Waals surface area contributed by atoms with Gasteiger partial charge in [-0.05, 0) is 55.5 Å². The number of fused-ring (bicyclic) bond motifs is 1. The third-order valence-electron chi connectivity index (χ3n) is 4.30. The molecule has 0 saturated heterocycles. The Labute approximate surface area is 168 Å². The number of ether oxygens (including phenoxy) is 1. The van der Waals surface area contributed by atoms with Gasteiger partial charge in [-0.1, -0.05) is 0 Å². The van der Waals surface area contributed by atoms with Crippen LogP contribution < -0.4 is 10.1 Å². The van der Waals surface area contributed by atoms with Gasteiger partial charge in [0.15, 0.2) is 11.6 Å². The first kappa shape index (κ1) is 19.6. The molecule has 0 fully saturated rings. The number of hydrogen-bond donors (Lipinski definition) is 1. The molecule has 0 spiro atoms. The highest BCUT2D eigenvalue weighted by atomic mass is 19.4. The maximum absolute atomic E-state index is 13.3. The summed E-state index contributed by atoms with van der Waals surface area (Å²) in [6.07, 6.45) is -4.76. The fraction of sp³-hybridized carbons (Fsp3) is 0.150. The minimum absolute atomic E-state index is 0.329. The lowest BCUT2D eigenvalue weighted by Crippen LogP contribution is -2.17. The van der Waals surface area contributed by atoms with E-state index in [9.17, 15) is 17.6 Å². The Balaban J connectivity index is 1.74. The predicted molar refractivity (Wildman–Crippen MR) is 103 cm³/mol. The molecule has 0 saturated carbocycles. The number of benzene rings is 2. The zero-order valence-electron chi connectivity index (χ0n) is 15.8. The zero-order valence-corrected chi connectivity index (χ0v) is 15.8. The van der Waals surface area contributed by atoms with Gasteiger partial charge < -0.3 is 10.1 Å². The lowest BCUT2D eigenvalue weighted by atomic mass is 10.2. The lowest BCUT2D eigenvalue weighted by Gasteiger charge is -2.12. The Morgan fingerprint density at radius 2 is 1.63 bits per heavy atom. The third-order valence-corrected chi connectivity index (χ3v) is 4.30. The molecule has 0 aliphatic heterocycles. The lowest BCUT2D eigenvalue weighted by molar-refractivity contribution is -0.274. The quantitative estimate of drug-likeness (QED) is 0.467. The van der Waals surface area contributed by atoms with Crippen molar-refractivity contribution in [2.45, 2.75) is 13.3 Å². The average molecular weight is 417 g/mol. The largest absolute Gasteiger partial charge is 0.573 e. The van der Waals surface area contributed by atoms with Crippen LogP contribution in [0.25, 0.3) is 22.4 Å². The standard InChI is InChI=1S/C20H15F4N5O/c1-11-16-17(29(2)28-11)19(27-18(26-16)12-3-5-13(21)6-4-12)25-14-7-9-15(10-8-14)30-20(22,23)24/h3-10H,1-2H3,(H,25,26,27). The summed E-state index contributed by atoms with van der Waals surface area (Å²) in [5, 5.41) is 7.45. The zero-order chi connectivity index (χ0) is 21.5. The molecule has 10 heteroatoms. The van der Waals surface area contributed by atoms with Crippen molar-refractivity contribution in [1.29, 1.82) is 0 Å². The van der Waals surface area contributed by atoms with E-state index in [0.717, 1.165) is 0 Å². The van der Waals surface area contributed by atoms with Gasteiger partial charge in [0.05, 0.1) is 5.69 Å². The number of aromatic nitrogens is 4. The van der Waals surface area contributed by atoms with E-state index >= 15 is 0 Å². The second-order valence-corrected chi connectivity index (χ2v) is 6.51. The van der Waals surface area contributed by atoms with E-state index in [2.05, 4.69) is 25.1 Å². The van der Waals surface area contributed by atoms with Gasteiger partial charge in [0, 0.05) is 18.3 Å². The van der Waals surface area contributed by atoms with Crippen LogP contribution in [-0.2, 0) is 7.05 Å². The van der Waals surface area contributed by atoms with Crippen LogP contribution >= 0.6 is 0 Å². The van der Waals surface area contributed by atoms with Gasteiger partial charge in [0.1, 0.15) is 22.6 Å². The van der Waals surface area contributed by atoms with Gasteiger partial charge in [0.2, 0.25) is 0 Å². The number of aryl methyl sites for hydroxylation is 2. The Morgan fingerprint density at radius 1 is 0.967 bits per heavy atom. The molecule has 2 heterocycles. The Hall–Kier alpha value is -3.69. The number of rotatable bonds is 4. The number of alkyl halides is 3. The van der Waals surface area contributed by atoms with Crippen molar-refractivity contribution in [2.24, 2.45) is 7.05 Å². The van der Waals surface area contributed by atoms with Crippen LogP contribution in [0.5, 0.6) is 5.75 Å². The highest BCUT2D eigenvalue weighted by Crippen LogP contribution is 2.30. The molecule has 4 aromatic rings. The van der Waals surface area contributed by atoms with Crippen molar-refractivity contribution >= 4 is 22.5 Å². The van der Waals surface area contributed by atoms with Gasteiger partial charge >= 0.3 is 6.36 Å². The predicted octanol–water partition coefficient (Wildman–Crippen LogP) is 5.12. The van der Waals surface area contributed by atoms with Crippen molar-refractivity contribution in [3.8, 4) is 17.1 Å². The Morgan fingerprint density at radius 3 is 2.27 bits per heavy atom. The summed E-state index contributed by atoms with van der Waals surface area (Å²) < 4.78 is 55.8. The first-order valence-corrected chi connectivity index (χ1v) is 8.80. The van der Waals surface area contributed by atoms with Crippen molar-refractivity contribution in [2.75, 3.05) is 5.32 Å². The highest BCUT2D eigenvalue weighted by molar-refractivity contribution is 5.91. The Bertz CT molecular complexity index is 1200. The van der Waals surface area contributed by atoms with Crippen LogP contribution in [0.3, 0.4) is 0 Å². The van der Waals surface area contributed by atoms with Gasteiger partial charge in [-0.2, -0.15) is 5.10 Å². The highest BCUT2D eigenvalue weighted by Gasteiger charge is 2.31. The molecule has 154 valence electrons. The van der Waals surface area contributed by atoms with Gasteiger partial charge in [0.25, 0.3) is 0 Å². The molecule has 0 unspecified atom stereocenters. The molecular formula is C20H15F4N5O. The molecule has 0 aliphatic rings. The normalized spacial score (nSPS) is 11.7. The van der Waals surface area contributed by atoms with Crippen molar-refractivity contribution in [1.82, 2.24) is 19.7 Å². The topological polar surface area (TPSA) is 64.9 Å². The summed E-state index contributed by atoms with van der Waals surface area (Å²) in [5.74, 6) is 0.0613. The molecule has 4 rings (SSSR count). The number of halogens is 4. The van der Waals surface area contributed by atoms with Crippen LogP contribution in [0.2, 0.25) is 0 Å². The Kier molecular flexibility index (Phi) is 4.76. The molecule has 0 amide bonds. The fourth-order valence-corrected chi connectivity index (χ4v) is 3.03. The van der Waals surface area contributed by atoms with Crippen LogP contribution in [0.1, 0.15) is 5.69 Å². The molecule has 0 atom stereocenters. The van der Waals surface area contributed by atoms with Gasteiger partial charge in [-0.15, -0.1) is 13.2 Å². The first-order chi connectivity index (χ1) is 14.2. The third kappa shape index (κ3) is 4.02. The fourth-order valence-electron chi connectivity index (χ4n) is 3.03. The molecule has 6 nitrogen and oxygen atoms in total. The van der Waals surface area contributed by atoms with Crippen molar-refractivity contribution in [3.63, 3.8) is 0 Å². The molecule has 2 aromatic heterocycles. The summed E-state index contributed by atoms with van der Waals surface area (Å²) in [6.45, 7) is 1.80. The number of nitrogens with one attached hydrogen (secondary N) is 1. The molecule has 1 N–H and O–H groups in total. The van der Waals surface area contributed by atoms with E-state index in [1.807, 2.05) is 0 Å². The van der Waals surface area contributed by atoms with E-state index in [-0.39, 0.29) is 11.6 Å². The smallest absolute Gasteiger partial charge is 0.406 e. The second kappa shape index (κ2) is 7.29.